The number of hydrogen-bond donors (Lipinski definition) is 0. The molecule has 1 saturated heterocycles. The van der Waals surface area contributed by atoms with Gasteiger partial charge in [0, 0.05) is 60.8 Å². The number of thioether (sulfide) groups is 2. The molecular formula is C17H21ClN2OS2. The molecule has 2 aliphatic heterocycles. The highest BCUT2D eigenvalue weighted by Crippen LogP contribution is 2.39. The highest BCUT2D eigenvalue weighted by atomic mass is 35.5. The fourth-order valence-corrected chi connectivity index (χ4v) is 5.71. The number of nitrogens with zero attached hydrogens (tertiary/aromatic N) is 2. The number of carbonyl (C=O) groups is 1. The highest BCUT2D eigenvalue weighted by molar-refractivity contribution is 7.99. The number of carbonyl (C=O) groups excluding carboxylic acids is 1. The number of benzene rings is 1. The van der Waals surface area contributed by atoms with Crippen molar-refractivity contribution >= 4 is 52.6 Å². The van der Waals surface area contributed by atoms with Gasteiger partial charge in [-0.25, -0.2) is 0 Å². The van der Waals surface area contributed by atoms with Crippen LogP contribution in [0.1, 0.15) is 10.4 Å². The van der Waals surface area contributed by atoms with E-state index in [1.807, 2.05) is 35.7 Å². The lowest BCUT2D eigenvalue weighted by molar-refractivity contribution is 0.0896. The van der Waals surface area contributed by atoms with E-state index in [1.54, 1.807) is 0 Å². The molecule has 1 atom stereocenters. The maximum absolute atomic E-state index is 13.1. The number of aryl methyl sites for hydroxylation is 1. The lowest BCUT2D eigenvalue weighted by Gasteiger charge is -2.31. The summed E-state index contributed by atoms with van der Waals surface area (Å²) in [4.78, 5) is 15.5. The van der Waals surface area contributed by atoms with Gasteiger partial charge in [-0.3, -0.25) is 4.79 Å². The van der Waals surface area contributed by atoms with Crippen LogP contribution in [-0.2, 0) is 7.05 Å². The van der Waals surface area contributed by atoms with Gasteiger partial charge in [-0.05, 0) is 6.07 Å². The number of fused-ring (bicyclic) bond motifs is 3. The predicted octanol–water partition coefficient (Wildman–Crippen LogP) is 3.55. The third kappa shape index (κ3) is 3.04. The minimum Gasteiger partial charge on any atom is -0.338 e. The van der Waals surface area contributed by atoms with Crippen molar-refractivity contribution in [3.63, 3.8) is 0 Å². The van der Waals surface area contributed by atoms with Gasteiger partial charge in [0.1, 0.15) is 0 Å². The normalized spacial score (nSPS) is 22.0. The molecule has 3 heterocycles. The summed E-state index contributed by atoms with van der Waals surface area (Å²) < 4.78 is 2.18. The quantitative estimate of drug-likeness (QED) is 0.809. The van der Waals surface area contributed by atoms with Gasteiger partial charge in [0.2, 0.25) is 0 Å². The second-order valence-corrected chi connectivity index (χ2v) is 8.27. The molecule has 124 valence electrons. The Morgan fingerprint density at radius 3 is 2.74 bits per heavy atom. The molecule has 2 aromatic rings. The summed E-state index contributed by atoms with van der Waals surface area (Å²) >= 11 is 3.87. The largest absolute Gasteiger partial charge is 0.338 e. The van der Waals surface area contributed by atoms with E-state index >= 15 is 0 Å². The molecule has 23 heavy (non-hydrogen) atoms. The molecule has 1 aromatic carbocycles. The number of rotatable bonds is 2. The first-order valence-corrected chi connectivity index (χ1v) is 9.94. The van der Waals surface area contributed by atoms with Crippen molar-refractivity contribution in [1.29, 1.82) is 0 Å². The molecule has 0 amide bonds. The molecule has 0 spiro atoms. The van der Waals surface area contributed by atoms with E-state index in [4.69, 9.17) is 0 Å². The number of aromatic nitrogens is 1. The predicted molar refractivity (Wildman–Crippen MR) is 102 cm³/mol. The van der Waals surface area contributed by atoms with E-state index < -0.39 is 0 Å². The zero-order valence-electron chi connectivity index (χ0n) is 13.2. The Morgan fingerprint density at radius 2 is 1.96 bits per heavy atom. The topological polar surface area (TPSA) is 25.2 Å². The maximum Gasteiger partial charge on any atom is 0.171 e. The Hall–Kier alpha value is -0.620. The first-order valence-electron chi connectivity index (χ1n) is 7.80. The molecule has 1 aromatic heterocycles. The molecule has 0 aliphatic carbocycles. The van der Waals surface area contributed by atoms with Crippen LogP contribution < -0.4 is 0 Å². The first kappa shape index (κ1) is 17.2. The van der Waals surface area contributed by atoms with E-state index in [-0.39, 0.29) is 18.3 Å². The van der Waals surface area contributed by atoms with Gasteiger partial charge in [-0.1, -0.05) is 18.2 Å². The van der Waals surface area contributed by atoms with Crippen LogP contribution in [0, 0.1) is 5.92 Å². The van der Waals surface area contributed by atoms with E-state index in [0.717, 1.165) is 41.4 Å². The number of para-hydroxylation sites is 1. The Morgan fingerprint density at radius 1 is 1.22 bits per heavy atom. The number of Topliss-reactive ketones (excluding diaryl/α,β-unsaturated/α-hetero) is 1. The second-order valence-electron chi connectivity index (χ2n) is 6.04. The summed E-state index contributed by atoms with van der Waals surface area (Å²) in [6.45, 7) is 3.18. The number of ketones is 1. The molecule has 0 N–H and O–H groups in total. The monoisotopic (exact) mass is 368 g/mol. The Balaban J connectivity index is 0.00000156. The first-order chi connectivity index (χ1) is 10.8. The highest BCUT2D eigenvalue weighted by Gasteiger charge is 2.33. The molecule has 1 unspecified atom stereocenters. The summed E-state index contributed by atoms with van der Waals surface area (Å²) in [5, 5.41) is 2.27. The Kier molecular flexibility index (Phi) is 5.31. The SMILES string of the molecule is Cl.Cn1c2c(c3ccccc31)C(=O)C(CN1CCSCC1)CS2. The smallest absolute Gasteiger partial charge is 0.171 e. The van der Waals surface area contributed by atoms with Gasteiger partial charge in [-0.15, -0.1) is 24.2 Å². The standard InChI is InChI=1S/C17H20N2OS2.ClH/c1-18-14-5-3-2-4-13(14)15-16(20)12(11-22-17(15)18)10-19-6-8-21-9-7-19;/h2-5,12H,6-11H2,1H3;1H. The van der Waals surface area contributed by atoms with Crippen molar-refractivity contribution in [2.75, 3.05) is 36.9 Å². The van der Waals surface area contributed by atoms with Crippen molar-refractivity contribution in [1.82, 2.24) is 9.47 Å². The van der Waals surface area contributed by atoms with Gasteiger partial charge in [0.15, 0.2) is 5.78 Å². The molecule has 3 nitrogen and oxygen atoms in total. The van der Waals surface area contributed by atoms with Crippen LogP contribution in [0.3, 0.4) is 0 Å². The lowest BCUT2D eigenvalue weighted by atomic mass is 9.97. The average molecular weight is 369 g/mol. The number of halogens is 1. The van der Waals surface area contributed by atoms with Crippen molar-refractivity contribution in [2.45, 2.75) is 5.03 Å². The zero-order chi connectivity index (χ0) is 15.1. The second kappa shape index (κ2) is 7.09. The Labute approximate surface area is 151 Å². The molecule has 0 radical (unpaired) electrons. The lowest BCUT2D eigenvalue weighted by Crippen LogP contribution is -2.40. The third-order valence-electron chi connectivity index (χ3n) is 4.67. The fraction of sp³-hybridized carbons (Fsp3) is 0.471. The molecule has 4 rings (SSSR count). The van der Waals surface area contributed by atoms with Crippen molar-refractivity contribution in [2.24, 2.45) is 13.0 Å². The van der Waals surface area contributed by atoms with Crippen LogP contribution in [0.5, 0.6) is 0 Å². The molecule has 6 heteroatoms. The summed E-state index contributed by atoms with van der Waals surface area (Å²) in [5.41, 5.74) is 2.13. The summed E-state index contributed by atoms with van der Waals surface area (Å²) in [7, 11) is 2.07. The van der Waals surface area contributed by atoms with Gasteiger partial charge in [-0.2, -0.15) is 11.8 Å². The van der Waals surface area contributed by atoms with Crippen LogP contribution in [0.25, 0.3) is 10.9 Å². The summed E-state index contributed by atoms with van der Waals surface area (Å²) in [5.74, 6) is 3.82. The van der Waals surface area contributed by atoms with Gasteiger partial charge < -0.3 is 9.47 Å². The summed E-state index contributed by atoms with van der Waals surface area (Å²) in [6.07, 6.45) is 0. The minimum atomic E-state index is 0. The van der Waals surface area contributed by atoms with Crippen LogP contribution in [0.2, 0.25) is 0 Å². The van der Waals surface area contributed by atoms with Crippen molar-refractivity contribution in [3.8, 4) is 0 Å². The van der Waals surface area contributed by atoms with Crippen LogP contribution in [-0.4, -0.2) is 52.1 Å². The minimum absolute atomic E-state index is 0. The van der Waals surface area contributed by atoms with Crippen molar-refractivity contribution < 1.29 is 4.79 Å². The van der Waals surface area contributed by atoms with Crippen LogP contribution >= 0.6 is 35.9 Å². The van der Waals surface area contributed by atoms with Gasteiger partial charge in [0.05, 0.1) is 10.6 Å². The molecular weight excluding hydrogens is 348 g/mol. The molecule has 2 aliphatic rings. The summed E-state index contributed by atoms with van der Waals surface area (Å²) in [6, 6.07) is 8.28. The number of hydrogen-bond acceptors (Lipinski definition) is 4. The zero-order valence-corrected chi connectivity index (χ0v) is 15.6. The van der Waals surface area contributed by atoms with Gasteiger partial charge in [0.25, 0.3) is 0 Å². The van der Waals surface area contributed by atoms with E-state index in [9.17, 15) is 4.79 Å². The maximum atomic E-state index is 13.1. The van der Waals surface area contributed by atoms with E-state index in [1.165, 1.54) is 17.0 Å². The third-order valence-corrected chi connectivity index (χ3v) is 6.94. The van der Waals surface area contributed by atoms with E-state index in [2.05, 4.69) is 28.6 Å². The average Bonchev–Trinajstić information content (AvgIpc) is 2.85. The van der Waals surface area contributed by atoms with Gasteiger partial charge >= 0.3 is 0 Å². The fourth-order valence-electron chi connectivity index (χ4n) is 3.47. The van der Waals surface area contributed by atoms with Crippen LogP contribution in [0.4, 0.5) is 0 Å². The molecule has 0 saturated carbocycles. The van der Waals surface area contributed by atoms with Crippen LogP contribution in [0.15, 0.2) is 29.3 Å². The molecule has 0 bridgehead atoms. The van der Waals surface area contributed by atoms with Crippen molar-refractivity contribution in [3.05, 3.63) is 29.8 Å². The van der Waals surface area contributed by atoms with E-state index in [0.29, 0.717) is 5.78 Å². The molecule has 1 fully saturated rings. The Bertz CT molecular complexity index is 725.